The Hall–Kier alpha value is -0.0400. The van der Waals surface area contributed by atoms with E-state index in [9.17, 15) is 0 Å². The van der Waals surface area contributed by atoms with Crippen LogP contribution in [0.5, 0.6) is 0 Å². The summed E-state index contributed by atoms with van der Waals surface area (Å²) in [6.07, 6.45) is 4.15. The van der Waals surface area contributed by atoms with Crippen LogP contribution in [0.1, 0.15) is 40.0 Å². The summed E-state index contributed by atoms with van der Waals surface area (Å²) in [6, 6.07) is 0.439. The van der Waals surface area contributed by atoms with Gasteiger partial charge in [-0.1, -0.05) is 20.8 Å². The highest BCUT2D eigenvalue weighted by molar-refractivity contribution is 5.10. The number of nitrogens with two attached hydrogens (primary N) is 1. The smallest absolute Gasteiger partial charge is 0.0147 e. The van der Waals surface area contributed by atoms with E-state index in [1.165, 1.54) is 19.3 Å². The van der Waals surface area contributed by atoms with Crippen molar-refractivity contribution >= 4 is 0 Å². The molecule has 0 aliphatic heterocycles. The first-order valence-corrected chi connectivity index (χ1v) is 4.72. The van der Waals surface area contributed by atoms with Crippen molar-refractivity contribution in [3.63, 3.8) is 0 Å². The Morgan fingerprint density at radius 1 is 1.27 bits per heavy atom. The van der Waals surface area contributed by atoms with Crippen molar-refractivity contribution in [3.8, 4) is 0 Å². The zero-order valence-corrected chi connectivity index (χ0v) is 7.85. The minimum absolute atomic E-state index is 0.410. The molecule has 0 aromatic carbocycles. The van der Waals surface area contributed by atoms with Gasteiger partial charge in [0.1, 0.15) is 0 Å². The fourth-order valence-electron chi connectivity index (χ4n) is 3.34. The predicted octanol–water partition coefficient (Wildman–Crippen LogP) is 2.16. The molecule has 3 atom stereocenters. The van der Waals surface area contributed by atoms with Crippen molar-refractivity contribution in [2.75, 3.05) is 0 Å². The van der Waals surface area contributed by atoms with Crippen LogP contribution in [0, 0.1) is 16.7 Å². The SMILES string of the molecule is CC1(C)C2CC[C@@](C)(C2)C1N. The Balaban J connectivity index is 2.34. The third-order valence-electron chi connectivity index (χ3n) is 4.38. The topological polar surface area (TPSA) is 26.0 Å². The highest BCUT2D eigenvalue weighted by Gasteiger charge is 2.57. The van der Waals surface area contributed by atoms with Crippen molar-refractivity contribution in [1.82, 2.24) is 0 Å². The molecule has 2 unspecified atom stereocenters. The van der Waals surface area contributed by atoms with E-state index in [1.54, 1.807) is 0 Å². The van der Waals surface area contributed by atoms with Crippen LogP contribution in [0.15, 0.2) is 0 Å². The van der Waals surface area contributed by atoms with Crippen molar-refractivity contribution in [2.45, 2.75) is 46.1 Å². The van der Waals surface area contributed by atoms with Crippen LogP contribution in [0.2, 0.25) is 0 Å². The Labute approximate surface area is 69.4 Å². The average molecular weight is 153 g/mol. The summed E-state index contributed by atoms with van der Waals surface area (Å²) in [5, 5.41) is 0. The predicted molar refractivity (Wildman–Crippen MR) is 47.2 cm³/mol. The Morgan fingerprint density at radius 3 is 2.18 bits per heavy atom. The van der Waals surface area contributed by atoms with Crippen molar-refractivity contribution < 1.29 is 0 Å². The molecule has 0 aromatic rings. The van der Waals surface area contributed by atoms with Crippen molar-refractivity contribution in [1.29, 1.82) is 0 Å². The van der Waals surface area contributed by atoms with Gasteiger partial charge in [-0.25, -0.2) is 0 Å². The van der Waals surface area contributed by atoms with Crippen LogP contribution in [0.25, 0.3) is 0 Å². The van der Waals surface area contributed by atoms with Gasteiger partial charge >= 0.3 is 0 Å². The van der Waals surface area contributed by atoms with Gasteiger partial charge in [-0.05, 0) is 36.0 Å². The molecule has 1 heteroatoms. The monoisotopic (exact) mass is 153 g/mol. The van der Waals surface area contributed by atoms with Crippen LogP contribution in [0.4, 0.5) is 0 Å². The molecule has 1 nitrogen and oxygen atoms in total. The Morgan fingerprint density at radius 2 is 1.91 bits per heavy atom. The van der Waals surface area contributed by atoms with Gasteiger partial charge in [0.2, 0.25) is 0 Å². The molecule has 0 heterocycles. The number of hydrogen-bond acceptors (Lipinski definition) is 1. The molecule has 2 fully saturated rings. The third kappa shape index (κ3) is 0.752. The Kier molecular flexibility index (Phi) is 1.26. The number of rotatable bonds is 0. The van der Waals surface area contributed by atoms with Gasteiger partial charge < -0.3 is 5.73 Å². The molecular weight excluding hydrogens is 134 g/mol. The summed E-state index contributed by atoms with van der Waals surface area (Å²) in [6.45, 7) is 7.05. The molecule has 2 saturated carbocycles. The standard InChI is InChI=1S/C10H19N/c1-9(2)7-4-5-10(3,6-7)8(9)11/h7-8H,4-6,11H2,1-3H3/t7?,8?,10-/m0/s1. The lowest BCUT2D eigenvalue weighted by Crippen LogP contribution is -2.46. The lowest BCUT2D eigenvalue weighted by molar-refractivity contribution is 0.141. The third-order valence-corrected chi connectivity index (χ3v) is 4.38. The molecular formula is C10H19N. The van der Waals surface area contributed by atoms with Crippen LogP contribution in [-0.2, 0) is 0 Å². The second-order valence-corrected chi connectivity index (χ2v) is 5.39. The first-order chi connectivity index (χ1) is 4.97. The Bertz CT molecular complexity index is 181. The largest absolute Gasteiger partial charge is 0.327 e. The summed E-state index contributed by atoms with van der Waals surface area (Å²) < 4.78 is 0. The minimum Gasteiger partial charge on any atom is -0.327 e. The second kappa shape index (κ2) is 1.82. The molecule has 2 aliphatic carbocycles. The number of fused-ring (bicyclic) bond motifs is 2. The summed E-state index contributed by atoms with van der Waals surface area (Å²) >= 11 is 0. The zero-order valence-electron chi connectivity index (χ0n) is 7.85. The second-order valence-electron chi connectivity index (χ2n) is 5.39. The maximum Gasteiger partial charge on any atom is 0.0147 e. The molecule has 11 heavy (non-hydrogen) atoms. The molecule has 64 valence electrons. The number of hydrogen-bond donors (Lipinski definition) is 1. The van der Waals surface area contributed by atoms with E-state index in [0.29, 0.717) is 16.9 Å². The van der Waals surface area contributed by atoms with Gasteiger partial charge in [0.05, 0.1) is 0 Å². The summed E-state index contributed by atoms with van der Waals surface area (Å²) in [4.78, 5) is 0. The van der Waals surface area contributed by atoms with Crippen LogP contribution < -0.4 is 5.73 Å². The molecule has 2 aliphatic rings. The fourth-order valence-corrected chi connectivity index (χ4v) is 3.34. The molecule has 2 N–H and O–H groups in total. The van der Waals surface area contributed by atoms with E-state index in [-0.39, 0.29) is 0 Å². The van der Waals surface area contributed by atoms with Gasteiger partial charge in [-0.2, -0.15) is 0 Å². The van der Waals surface area contributed by atoms with E-state index in [2.05, 4.69) is 20.8 Å². The maximum absolute atomic E-state index is 6.23. The molecule has 0 saturated heterocycles. The first-order valence-electron chi connectivity index (χ1n) is 4.72. The maximum atomic E-state index is 6.23. The highest BCUT2D eigenvalue weighted by atomic mass is 14.8. The molecule has 0 spiro atoms. The van der Waals surface area contributed by atoms with Crippen LogP contribution >= 0.6 is 0 Å². The minimum atomic E-state index is 0.410. The summed E-state index contributed by atoms with van der Waals surface area (Å²) in [5.74, 6) is 0.905. The first kappa shape index (κ1) is 7.60. The highest BCUT2D eigenvalue weighted by Crippen LogP contribution is 2.61. The van der Waals surface area contributed by atoms with E-state index < -0.39 is 0 Å². The van der Waals surface area contributed by atoms with Gasteiger partial charge in [0.15, 0.2) is 0 Å². The fraction of sp³-hybridized carbons (Fsp3) is 1.00. The van der Waals surface area contributed by atoms with E-state index >= 15 is 0 Å². The lowest BCUT2D eigenvalue weighted by atomic mass is 9.69. The lowest BCUT2D eigenvalue weighted by Gasteiger charge is -2.40. The summed E-state index contributed by atoms with van der Waals surface area (Å²) in [7, 11) is 0. The molecule has 0 aromatic heterocycles. The van der Waals surface area contributed by atoms with E-state index in [0.717, 1.165) is 5.92 Å². The summed E-state index contributed by atoms with van der Waals surface area (Å²) in [5.41, 5.74) is 7.12. The molecule has 0 amide bonds. The van der Waals surface area contributed by atoms with Crippen LogP contribution in [0.3, 0.4) is 0 Å². The molecule has 0 radical (unpaired) electrons. The van der Waals surface area contributed by atoms with Crippen molar-refractivity contribution in [3.05, 3.63) is 0 Å². The average Bonchev–Trinajstić information content (AvgIpc) is 2.36. The van der Waals surface area contributed by atoms with Crippen molar-refractivity contribution in [2.24, 2.45) is 22.5 Å². The normalized spacial score (nSPS) is 53.5. The van der Waals surface area contributed by atoms with Gasteiger partial charge in [0, 0.05) is 6.04 Å². The van der Waals surface area contributed by atoms with Gasteiger partial charge in [-0.3, -0.25) is 0 Å². The van der Waals surface area contributed by atoms with E-state index in [1.807, 2.05) is 0 Å². The quantitative estimate of drug-likeness (QED) is 0.567. The molecule has 2 bridgehead atoms. The molecule has 2 rings (SSSR count). The van der Waals surface area contributed by atoms with Crippen LogP contribution in [-0.4, -0.2) is 6.04 Å². The zero-order chi connectivity index (χ0) is 8.28. The van der Waals surface area contributed by atoms with Gasteiger partial charge in [-0.15, -0.1) is 0 Å². The van der Waals surface area contributed by atoms with E-state index in [4.69, 9.17) is 5.73 Å². The van der Waals surface area contributed by atoms with Gasteiger partial charge in [0.25, 0.3) is 0 Å².